The molecule has 2 aromatic heterocycles. The number of sulfone groups is 1. The Morgan fingerprint density at radius 2 is 2.00 bits per heavy atom. The van der Waals surface area contributed by atoms with E-state index in [1.54, 1.807) is 32.4 Å². The van der Waals surface area contributed by atoms with Crippen LogP contribution in [0.2, 0.25) is 0 Å². The van der Waals surface area contributed by atoms with Gasteiger partial charge in [0.2, 0.25) is 0 Å². The summed E-state index contributed by atoms with van der Waals surface area (Å²) >= 11 is 1.05. The zero-order chi connectivity index (χ0) is 20.6. The highest BCUT2D eigenvalue weighted by atomic mass is 32.2. The van der Waals surface area contributed by atoms with Gasteiger partial charge in [0.05, 0.1) is 41.1 Å². The minimum atomic E-state index is -3.06. The SMILES string of the molecule is CCOC(=O)c1sc(NC(=O)c2c(C)nn(C3CCS(=O)(=O)C3)c2C)nc1C. The van der Waals surface area contributed by atoms with Crippen molar-refractivity contribution in [1.82, 2.24) is 14.8 Å². The van der Waals surface area contributed by atoms with E-state index in [-0.39, 0.29) is 24.2 Å². The van der Waals surface area contributed by atoms with Gasteiger partial charge in [0.25, 0.3) is 5.91 Å². The van der Waals surface area contributed by atoms with Crippen molar-refractivity contribution < 1.29 is 22.7 Å². The Balaban J connectivity index is 1.82. The number of hydrogen-bond acceptors (Lipinski definition) is 8. The predicted octanol–water partition coefficient (Wildman–Crippen LogP) is 2.05. The molecule has 1 aliphatic heterocycles. The molecule has 11 heteroatoms. The molecule has 0 spiro atoms. The molecule has 0 aliphatic carbocycles. The average molecular weight is 427 g/mol. The van der Waals surface area contributed by atoms with Gasteiger partial charge in [0.15, 0.2) is 15.0 Å². The van der Waals surface area contributed by atoms with E-state index in [9.17, 15) is 18.0 Å². The number of anilines is 1. The number of thiazole rings is 1. The van der Waals surface area contributed by atoms with Crippen LogP contribution in [0, 0.1) is 20.8 Å². The molecule has 1 N–H and O–H groups in total. The summed E-state index contributed by atoms with van der Waals surface area (Å²) in [6.45, 7) is 7.10. The van der Waals surface area contributed by atoms with E-state index < -0.39 is 21.7 Å². The maximum atomic E-state index is 12.8. The molecule has 0 saturated carbocycles. The molecular weight excluding hydrogens is 404 g/mol. The monoisotopic (exact) mass is 426 g/mol. The molecule has 152 valence electrons. The van der Waals surface area contributed by atoms with E-state index in [4.69, 9.17) is 4.74 Å². The number of amides is 1. The lowest BCUT2D eigenvalue weighted by molar-refractivity contribution is 0.0531. The molecule has 0 bridgehead atoms. The maximum Gasteiger partial charge on any atom is 0.350 e. The van der Waals surface area contributed by atoms with Crippen LogP contribution in [0.4, 0.5) is 5.13 Å². The van der Waals surface area contributed by atoms with E-state index in [0.717, 1.165) is 11.3 Å². The summed E-state index contributed by atoms with van der Waals surface area (Å²) in [5.74, 6) is -0.705. The Hall–Kier alpha value is -2.27. The highest BCUT2D eigenvalue weighted by Gasteiger charge is 2.32. The lowest BCUT2D eigenvalue weighted by Crippen LogP contribution is -2.16. The third kappa shape index (κ3) is 3.95. The van der Waals surface area contributed by atoms with Crippen molar-refractivity contribution in [3.05, 3.63) is 27.5 Å². The van der Waals surface area contributed by atoms with Gasteiger partial charge in [0.1, 0.15) is 4.88 Å². The summed E-state index contributed by atoms with van der Waals surface area (Å²) in [4.78, 5) is 29.3. The Morgan fingerprint density at radius 3 is 2.61 bits per heavy atom. The fourth-order valence-corrected chi connectivity index (χ4v) is 5.86. The molecular formula is C17H22N4O5S2. The van der Waals surface area contributed by atoms with Crippen LogP contribution >= 0.6 is 11.3 Å². The van der Waals surface area contributed by atoms with Crippen molar-refractivity contribution in [2.24, 2.45) is 0 Å². The summed E-state index contributed by atoms with van der Waals surface area (Å²) in [5, 5.41) is 7.40. The Kier molecular flexibility index (Phi) is 5.57. The van der Waals surface area contributed by atoms with Crippen molar-refractivity contribution in [2.45, 2.75) is 40.2 Å². The first kappa shape index (κ1) is 20.5. The second kappa shape index (κ2) is 7.63. The minimum absolute atomic E-state index is 0.0323. The summed E-state index contributed by atoms with van der Waals surface area (Å²) in [6.07, 6.45) is 0.486. The molecule has 1 fully saturated rings. The third-order valence-electron chi connectivity index (χ3n) is 4.58. The fraction of sp³-hybridized carbons (Fsp3) is 0.529. The summed E-state index contributed by atoms with van der Waals surface area (Å²) < 4.78 is 30.1. The van der Waals surface area contributed by atoms with Crippen LogP contribution in [0.25, 0.3) is 0 Å². The van der Waals surface area contributed by atoms with Gasteiger partial charge < -0.3 is 4.74 Å². The van der Waals surface area contributed by atoms with E-state index in [1.165, 1.54) is 0 Å². The number of nitrogens with zero attached hydrogens (tertiary/aromatic N) is 3. The zero-order valence-corrected chi connectivity index (χ0v) is 17.7. The average Bonchev–Trinajstić information content (AvgIpc) is 3.23. The minimum Gasteiger partial charge on any atom is -0.462 e. The molecule has 3 rings (SSSR count). The van der Waals surface area contributed by atoms with Crippen LogP contribution in [0.3, 0.4) is 0 Å². The van der Waals surface area contributed by atoms with Crippen molar-refractivity contribution in [2.75, 3.05) is 23.4 Å². The largest absolute Gasteiger partial charge is 0.462 e. The van der Waals surface area contributed by atoms with Gasteiger partial charge in [-0.1, -0.05) is 11.3 Å². The number of carbonyl (C=O) groups excluding carboxylic acids is 2. The van der Waals surface area contributed by atoms with Gasteiger partial charge in [0, 0.05) is 5.69 Å². The third-order valence-corrected chi connectivity index (χ3v) is 7.39. The molecule has 0 radical (unpaired) electrons. The lowest BCUT2D eigenvalue weighted by Gasteiger charge is -2.11. The van der Waals surface area contributed by atoms with Crippen LogP contribution in [0.5, 0.6) is 0 Å². The predicted molar refractivity (Wildman–Crippen MR) is 105 cm³/mol. The molecule has 9 nitrogen and oxygen atoms in total. The summed E-state index contributed by atoms with van der Waals surface area (Å²) in [6, 6.07) is -0.261. The molecule has 1 atom stereocenters. The number of carbonyl (C=O) groups is 2. The van der Waals surface area contributed by atoms with Gasteiger partial charge in [-0.3, -0.25) is 14.8 Å². The van der Waals surface area contributed by atoms with E-state index in [1.807, 2.05) is 0 Å². The number of aryl methyl sites for hydroxylation is 2. The van der Waals surface area contributed by atoms with Crippen LogP contribution < -0.4 is 5.32 Å². The summed E-state index contributed by atoms with van der Waals surface area (Å²) in [5.41, 5.74) is 1.99. The second-order valence-electron chi connectivity index (χ2n) is 6.66. The fourth-order valence-electron chi connectivity index (χ4n) is 3.31. The van der Waals surface area contributed by atoms with E-state index in [2.05, 4.69) is 15.4 Å². The molecule has 1 saturated heterocycles. The highest BCUT2D eigenvalue weighted by Crippen LogP contribution is 2.28. The molecule has 28 heavy (non-hydrogen) atoms. The topological polar surface area (TPSA) is 120 Å². The Labute approximate surface area is 167 Å². The van der Waals surface area contributed by atoms with Crippen LogP contribution in [-0.4, -0.2) is 53.2 Å². The van der Waals surface area contributed by atoms with E-state index in [0.29, 0.717) is 39.1 Å². The first-order chi connectivity index (χ1) is 13.1. The smallest absolute Gasteiger partial charge is 0.350 e. The normalized spacial score (nSPS) is 18.2. The van der Waals surface area contributed by atoms with Crippen LogP contribution in [0.1, 0.15) is 56.5 Å². The Bertz CT molecular complexity index is 1040. The molecule has 3 heterocycles. The van der Waals surface area contributed by atoms with Gasteiger partial charge >= 0.3 is 5.97 Å². The lowest BCUT2D eigenvalue weighted by atomic mass is 10.1. The van der Waals surface area contributed by atoms with Crippen LogP contribution in [-0.2, 0) is 14.6 Å². The maximum absolute atomic E-state index is 12.8. The molecule has 1 aliphatic rings. The van der Waals surface area contributed by atoms with Crippen molar-refractivity contribution in [3.63, 3.8) is 0 Å². The zero-order valence-electron chi connectivity index (χ0n) is 16.1. The first-order valence-corrected chi connectivity index (χ1v) is 11.5. The number of nitrogens with one attached hydrogen (secondary N) is 1. The Morgan fingerprint density at radius 1 is 1.29 bits per heavy atom. The van der Waals surface area contributed by atoms with Gasteiger partial charge in [-0.2, -0.15) is 5.10 Å². The van der Waals surface area contributed by atoms with Gasteiger partial charge in [-0.25, -0.2) is 18.2 Å². The second-order valence-corrected chi connectivity index (χ2v) is 9.88. The number of esters is 1. The molecule has 2 aromatic rings. The van der Waals surface area contributed by atoms with Crippen molar-refractivity contribution in [1.29, 1.82) is 0 Å². The van der Waals surface area contributed by atoms with Crippen LogP contribution in [0.15, 0.2) is 0 Å². The molecule has 1 amide bonds. The highest BCUT2D eigenvalue weighted by molar-refractivity contribution is 7.91. The standard InChI is InChI=1S/C17H22N4O5S2/c1-5-26-16(23)14-10(3)18-17(27-14)19-15(22)13-9(2)20-21(11(13)4)12-6-7-28(24,25)8-12/h12H,5-8H2,1-4H3,(H,18,19,22). The summed E-state index contributed by atoms with van der Waals surface area (Å²) in [7, 11) is -3.06. The molecule has 1 unspecified atom stereocenters. The van der Waals surface area contributed by atoms with Gasteiger partial charge in [-0.05, 0) is 34.1 Å². The molecule has 0 aromatic carbocycles. The van der Waals surface area contributed by atoms with Crippen molar-refractivity contribution in [3.8, 4) is 0 Å². The first-order valence-electron chi connectivity index (χ1n) is 8.85. The number of aromatic nitrogens is 3. The van der Waals surface area contributed by atoms with E-state index >= 15 is 0 Å². The quantitative estimate of drug-likeness (QED) is 0.727. The number of hydrogen-bond donors (Lipinski definition) is 1. The van der Waals surface area contributed by atoms with Crippen molar-refractivity contribution >= 4 is 38.2 Å². The number of rotatable bonds is 5. The number of ether oxygens (including phenoxy) is 1. The van der Waals surface area contributed by atoms with Gasteiger partial charge in [-0.15, -0.1) is 0 Å².